The van der Waals surface area contributed by atoms with Crippen molar-refractivity contribution >= 4 is 17.2 Å². The van der Waals surface area contributed by atoms with Crippen molar-refractivity contribution in [2.75, 3.05) is 6.54 Å². The Morgan fingerprint density at radius 3 is 2.60 bits per heavy atom. The van der Waals surface area contributed by atoms with Crippen LogP contribution in [0.5, 0.6) is 0 Å². The number of thiazole rings is 1. The highest BCUT2D eigenvalue weighted by Crippen LogP contribution is 2.15. The van der Waals surface area contributed by atoms with Crippen LogP contribution in [-0.4, -0.2) is 17.4 Å². The number of nitrogens with one attached hydrogen (secondary N) is 1. The van der Waals surface area contributed by atoms with E-state index in [1.165, 1.54) is 37.0 Å². The summed E-state index contributed by atoms with van der Waals surface area (Å²) in [7, 11) is 0. The fraction of sp³-hybridized carbons (Fsp3) is 0.733. The molecule has 0 radical (unpaired) electrons. The standard InChI is InChI=1S/C15H27N3OS/c1-11(2)8-6-4-5-7-9-17-14(19)13-10-20-15(18-13)12(3)16/h10-12H,4-9,16H2,1-3H3,(H,17,19). The van der Waals surface area contributed by atoms with Gasteiger partial charge < -0.3 is 11.1 Å². The van der Waals surface area contributed by atoms with Crippen molar-refractivity contribution in [2.24, 2.45) is 11.7 Å². The Balaban J connectivity index is 2.13. The van der Waals surface area contributed by atoms with Crippen molar-refractivity contribution in [2.45, 2.75) is 58.9 Å². The quantitative estimate of drug-likeness (QED) is 0.685. The van der Waals surface area contributed by atoms with Gasteiger partial charge in [-0.25, -0.2) is 4.98 Å². The first-order chi connectivity index (χ1) is 9.50. The average molecular weight is 297 g/mol. The van der Waals surface area contributed by atoms with Crippen LogP contribution < -0.4 is 11.1 Å². The fourth-order valence-corrected chi connectivity index (χ4v) is 2.68. The Hall–Kier alpha value is -0.940. The average Bonchev–Trinajstić information content (AvgIpc) is 2.86. The van der Waals surface area contributed by atoms with E-state index in [0.717, 1.165) is 23.9 Å². The van der Waals surface area contributed by atoms with Gasteiger partial charge in [0.2, 0.25) is 0 Å². The number of nitrogens with two attached hydrogens (primary N) is 1. The molecule has 20 heavy (non-hydrogen) atoms. The van der Waals surface area contributed by atoms with E-state index in [4.69, 9.17) is 5.73 Å². The Kier molecular flexibility index (Phi) is 7.77. The molecule has 0 aliphatic carbocycles. The van der Waals surface area contributed by atoms with Gasteiger partial charge in [0.05, 0.1) is 6.04 Å². The molecule has 1 unspecified atom stereocenters. The van der Waals surface area contributed by atoms with E-state index < -0.39 is 0 Å². The van der Waals surface area contributed by atoms with Gasteiger partial charge in [-0.3, -0.25) is 4.79 Å². The zero-order valence-corrected chi connectivity index (χ0v) is 13.6. The fourth-order valence-electron chi connectivity index (χ4n) is 1.92. The summed E-state index contributed by atoms with van der Waals surface area (Å²) in [6, 6.07) is -0.109. The minimum absolute atomic E-state index is 0.0877. The highest BCUT2D eigenvalue weighted by Gasteiger charge is 2.11. The summed E-state index contributed by atoms with van der Waals surface area (Å²) >= 11 is 1.44. The Morgan fingerprint density at radius 2 is 2.00 bits per heavy atom. The van der Waals surface area contributed by atoms with Crippen molar-refractivity contribution in [3.63, 3.8) is 0 Å². The van der Waals surface area contributed by atoms with E-state index in [9.17, 15) is 4.79 Å². The van der Waals surface area contributed by atoms with Crippen molar-refractivity contribution < 1.29 is 4.79 Å². The zero-order valence-electron chi connectivity index (χ0n) is 12.8. The molecule has 0 aromatic carbocycles. The molecule has 0 spiro atoms. The van der Waals surface area contributed by atoms with Gasteiger partial charge in [-0.2, -0.15) is 0 Å². The maximum absolute atomic E-state index is 11.9. The van der Waals surface area contributed by atoms with Gasteiger partial charge in [-0.05, 0) is 19.3 Å². The minimum atomic E-state index is -0.109. The predicted octanol–water partition coefficient (Wildman–Crippen LogP) is 3.50. The molecule has 0 saturated carbocycles. The van der Waals surface area contributed by atoms with Gasteiger partial charge in [0.15, 0.2) is 0 Å². The molecule has 0 aliphatic rings. The molecule has 1 rings (SSSR count). The molecule has 5 heteroatoms. The van der Waals surface area contributed by atoms with Crippen LogP contribution in [0.25, 0.3) is 0 Å². The molecule has 1 aromatic rings. The summed E-state index contributed by atoms with van der Waals surface area (Å²) in [6.07, 6.45) is 6.05. The van der Waals surface area contributed by atoms with Crippen molar-refractivity contribution in [3.8, 4) is 0 Å². The largest absolute Gasteiger partial charge is 0.351 e. The molecule has 1 aromatic heterocycles. The molecular formula is C15H27N3OS. The molecule has 114 valence electrons. The SMILES string of the molecule is CC(C)CCCCCCNC(=O)c1csc(C(C)N)n1. The topological polar surface area (TPSA) is 68.0 Å². The van der Waals surface area contributed by atoms with Crippen LogP contribution >= 0.6 is 11.3 Å². The third-order valence-electron chi connectivity index (χ3n) is 3.14. The number of amides is 1. The van der Waals surface area contributed by atoms with Crippen LogP contribution in [0.1, 0.15) is 74.4 Å². The number of nitrogens with zero attached hydrogens (tertiary/aromatic N) is 1. The maximum atomic E-state index is 11.9. The lowest BCUT2D eigenvalue weighted by molar-refractivity contribution is 0.0948. The molecule has 0 fully saturated rings. The first-order valence-corrected chi connectivity index (χ1v) is 8.38. The van der Waals surface area contributed by atoms with Gasteiger partial charge in [0.25, 0.3) is 5.91 Å². The lowest BCUT2D eigenvalue weighted by Gasteiger charge is -2.05. The lowest BCUT2D eigenvalue weighted by Crippen LogP contribution is -2.24. The van der Waals surface area contributed by atoms with Crippen molar-refractivity contribution in [3.05, 3.63) is 16.1 Å². The summed E-state index contributed by atoms with van der Waals surface area (Å²) in [6.45, 7) is 7.11. The molecule has 1 atom stereocenters. The molecule has 1 heterocycles. The van der Waals surface area contributed by atoms with Crippen LogP contribution in [0.3, 0.4) is 0 Å². The third kappa shape index (κ3) is 6.48. The number of aromatic nitrogens is 1. The molecule has 0 saturated heterocycles. The van der Waals surface area contributed by atoms with Gasteiger partial charge in [-0.1, -0.05) is 39.5 Å². The summed E-state index contributed by atoms with van der Waals surface area (Å²) in [5, 5.41) is 5.50. The molecular weight excluding hydrogens is 270 g/mol. The summed E-state index contributed by atoms with van der Waals surface area (Å²) in [5.74, 6) is 0.703. The number of carbonyl (C=O) groups excluding carboxylic acids is 1. The normalized spacial score (nSPS) is 12.7. The summed E-state index contributed by atoms with van der Waals surface area (Å²) in [4.78, 5) is 16.1. The van der Waals surface area contributed by atoms with E-state index in [1.807, 2.05) is 6.92 Å². The van der Waals surface area contributed by atoms with Crippen LogP contribution in [-0.2, 0) is 0 Å². The molecule has 0 bridgehead atoms. The van der Waals surface area contributed by atoms with Gasteiger partial charge in [0, 0.05) is 11.9 Å². The van der Waals surface area contributed by atoms with E-state index in [0.29, 0.717) is 5.69 Å². The second kappa shape index (κ2) is 9.08. The first-order valence-electron chi connectivity index (χ1n) is 7.50. The number of rotatable bonds is 9. The lowest BCUT2D eigenvalue weighted by atomic mass is 10.0. The van der Waals surface area contributed by atoms with Gasteiger partial charge in [0.1, 0.15) is 10.7 Å². The molecule has 0 aliphatic heterocycles. The van der Waals surface area contributed by atoms with Crippen LogP contribution in [0.4, 0.5) is 0 Å². The molecule has 4 nitrogen and oxygen atoms in total. The van der Waals surface area contributed by atoms with Crippen molar-refractivity contribution in [1.82, 2.24) is 10.3 Å². The summed E-state index contributed by atoms with van der Waals surface area (Å²) in [5.41, 5.74) is 6.22. The Morgan fingerprint density at radius 1 is 1.30 bits per heavy atom. The van der Waals surface area contributed by atoms with E-state index in [1.54, 1.807) is 5.38 Å². The van der Waals surface area contributed by atoms with Crippen LogP contribution in [0, 0.1) is 5.92 Å². The molecule has 3 N–H and O–H groups in total. The second-order valence-electron chi connectivity index (χ2n) is 5.71. The smallest absolute Gasteiger partial charge is 0.270 e. The number of hydrogen-bond donors (Lipinski definition) is 2. The highest BCUT2D eigenvalue weighted by atomic mass is 32.1. The number of hydrogen-bond acceptors (Lipinski definition) is 4. The van der Waals surface area contributed by atoms with E-state index >= 15 is 0 Å². The highest BCUT2D eigenvalue weighted by molar-refractivity contribution is 7.09. The zero-order chi connectivity index (χ0) is 15.0. The monoisotopic (exact) mass is 297 g/mol. The maximum Gasteiger partial charge on any atom is 0.270 e. The van der Waals surface area contributed by atoms with Gasteiger partial charge >= 0.3 is 0 Å². The third-order valence-corrected chi connectivity index (χ3v) is 4.18. The van der Waals surface area contributed by atoms with E-state index in [2.05, 4.69) is 24.1 Å². The van der Waals surface area contributed by atoms with Crippen molar-refractivity contribution in [1.29, 1.82) is 0 Å². The first kappa shape index (κ1) is 17.1. The predicted molar refractivity (Wildman–Crippen MR) is 85.0 cm³/mol. The van der Waals surface area contributed by atoms with Crippen LogP contribution in [0.2, 0.25) is 0 Å². The van der Waals surface area contributed by atoms with Crippen LogP contribution in [0.15, 0.2) is 5.38 Å². The second-order valence-corrected chi connectivity index (χ2v) is 6.60. The minimum Gasteiger partial charge on any atom is -0.351 e. The van der Waals surface area contributed by atoms with E-state index in [-0.39, 0.29) is 11.9 Å². The number of unbranched alkanes of at least 4 members (excludes halogenated alkanes) is 3. The Labute approximate surface area is 126 Å². The van der Waals surface area contributed by atoms with Gasteiger partial charge in [-0.15, -0.1) is 11.3 Å². The molecule has 1 amide bonds. The summed E-state index contributed by atoms with van der Waals surface area (Å²) < 4.78 is 0. The Bertz CT molecular complexity index is 402. The number of carbonyl (C=O) groups is 1.